The van der Waals surface area contributed by atoms with E-state index in [1.54, 1.807) is 11.9 Å². The van der Waals surface area contributed by atoms with E-state index in [4.69, 9.17) is 0 Å². The molecule has 4 heteroatoms. The van der Waals surface area contributed by atoms with Gasteiger partial charge < -0.3 is 4.90 Å². The fourth-order valence-corrected chi connectivity index (χ4v) is 3.22. The van der Waals surface area contributed by atoms with Crippen LogP contribution in [-0.4, -0.2) is 24.1 Å². The largest absolute Gasteiger partial charge is 0.351 e. The third-order valence-corrected chi connectivity index (χ3v) is 4.00. The summed E-state index contributed by atoms with van der Waals surface area (Å²) in [5.41, 5.74) is 0. The fraction of sp³-hybridized carbons (Fsp3) is 0.545. The lowest BCUT2D eigenvalue weighted by atomic mass is 10.0. The van der Waals surface area contributed by atoms with Crippen molar-refractivity contribution in [1.29, 1.82) is 0 Å². The van der Waals surface area contributed by atoms with Gasteiger partial charge in [0.25, 0.3) is 0 Å². The number of rotatable bonds is 0. The van der Waals surface area contributed by atoms with Gasteiger partial charge >= 0.3 is 0 Å². The van der Waals surface area contributed by atoms with Crippen LogP contribution in [0.3, 0.4) is 0 Å². The minimum absolute atomic E-state index is 0.641. The molecular formula is C11H15N3S. The molecule has 1 saturated heterocycles. The molecule has 3 heterocycles. The second-order valence-electron chi connectivity index (χ2n) is 4.12. The summed E-state index contributed by atoms with van der Waals surface area (Å²) in [4.78, 5) is 8.27. The van der Waals surface area contributed by atoms with Gasteiger partial charge in [-0.3, -0.25) is 4.72 Å². The molecule has 2 aliphatic heterocycles. The van der Waals surface area contributed by atoms with Crippen LogP contribution < -0.4 is 9.62 Å². The number of hydrogen-bond acceptors (Lipinski definition) is 4. The van der Waals surface area contributed by atoms with Gasteiger partial charge in [0, 0.05) is 25.3 Å². The average Bonchev–Trinajstić information content (AvgIpc) is 2.48. The Kier molecular flexibility index (Phi) is 2.54. The summed E-state index contributed by atoms with van der Waals surface area (Å²) in [6.07, 6.45) is 5.85. The maximum Gasteiger partial charge on any atom is 0.143 e. The van der Waals surface area contributed by atoms with Gasteiger partial charge in [0.1, 0.15) is 5.82 Å². The molecule has 1 aromatic heterocycles. The van der Waals surface area contributed by atoms with E-state index < -0.39 is 0 Å². The SMILES string of the molecule is c1cnc2c(c1)SNCC1CCCCN21. The van der Waals surface area contributed by atoms with Gasteiger partial charge in [-0.15, -0.1) is 0 Å². The van der Waals surface area contributed by atoms with Crippen molar-refractivity contribution in [1.82, 2.24) is 9.71 Å². The maximum absolute atomic E-state index is 4.53. The number of nitrogens with one attached hydrogen (secondary N) is 1. The van der Waals surface area contributed by atoms with Gasteiger partial charge in [0.15, 0.2) is 0 Å². The first-order valence-electron chi connectivity index (χ1n) is 5.56. The van der Waals surface area contributed by atoms with E-state index in [0.717, 1.165) is 13.1 Å². The molecule has 0 spiro atoms. The molecule has 0 radical (unpaired) electrons. The number of nitrogens with zero attached hydrogens (tertiary/aromatic N) is 2. The monoisotopic (exact) mass is 221 g/mol. The lowest BCUT2D eigenvalue weighted by molar-refractivity contribution is 0.456. The van der Waals surface area contributed by atoms with Crippen molar-refractivity contribution in [3.05, 3.63) is 18.3 Å². The van der Waals surface area contributed by atoms with Gasteiger partial charge in [0.2, 0.25) is 0 Å². The third-order valence-electron chi connectivity index (χ3n) is 3.15. The van der Waals surface area contributed by atoms with E-state index in [0.29, 0.717) is 6.04 Å². The first kappa shape index (κ1) is 9.48. The van der Waals surface area contributed by atoms with Gasteiger partial charge in [-0.2, -0.15) is 0 Å². The van der Waals surface area contributed by atoms with E-state index in [-0.39, 0.29) is 0 Å². The Labute approximate surface area is 94.4 Å². The van der Waals surface area contributed by atoms with Crippen LogP contribution in [0.2, 0.25) is 0 Å². The molecule has 0 amide bonds. The van der Waals surface area contributed by atoms with Crippen LogP contribution in [0, 0.1) is 0 Å². The summed E-state index contributed by atoms with van der Waals surface area (Å²) in [6.45, 7) is 2.23. The van der Waals surface area contributed by atoms with Gasteiger partial charge in [-0.05, 0) is 43.3 Å². The maximum atomic E-state index is 4.53. The number of pyridine rings is 1. The second-order valence-corrected chi connectivity index (χ2v) is 5.05. The number of piperidine rings is 1. The minimum Gasteiger partial charge on any atom is -0.351 e. The number of aromatic nitrogens is 1. The fourth-order valence-electron chi connectivity index (χ4n) is 2.38. The van der Waals surface area contributed by atoms with Crippen LogP contribution in [0.15, 0.2) is 23.2 Å². The Bertz CT molecular complexity index is 355. The highest BCUT2D eigenvalue weighted by Gasteiger charge is 2.27. The number of fused-ring (bicyclic) bond motifs is 3. The van der Waals surface area contributed by atoms with Gasteiger partial charge in [-0.1, -0.05) is 0 Å². The van der Waals surface area contributed by atoms with Crippen molar-refractivity contribution in [2.75, 3.05) is 18.0 Å². The first-order valence-corrected chi connectivity index (χ1v) is 6.38. The second kappa shape index (κ2) is 4.02. The summed E-state index contributed by atoms with van der Waals surface area (Å²) in [5.74, 6) is 1.18. The molecule has 3 rings (SSSR count). The molecule has 2 aliphatic rings. The molecule has 1 fully saturated rings. The van der Waals surface area contributed by atoms with Crippen molar-refractivity contribution in [2.45, 2.75) is 30.2 Å². The number of anilines is 1. The van der Waals surface area contributed by atoms with Crippen molar-refractivity contribution >= 4 is 17.8 Å². The zero-order valence-electron chi connectivity index (χ0n) is 8.65. The van der Waals surface area contributed by atoms with E-state index in [1.807, 2.05) is 12.3 Å². The lowest BCUT2D eigenvalue weighted by Gasteiger charge is -2.35. The number of hydrogen-bond donors (Lipinski definition) is 1. The molecule has 1 atom stereocenters. The van der Waals surface area contributed by atoms with Gasteiger partial charge in [-0.25, -0.2) is 4.98 Å². The predicted molar refractivity (Wildman–Crippen MR) is 63.1 cm³/mol. The Morgan fingerprint density at radius 2 is 2.47 bits per heavy atom. The molecule has 0 aliphatic carbocycles. The summed E-state index contributed by atoms with van der Waals surface area (Å²) < 4.78 is 3.44. The Morgan fingerprint density at radius 1 is 1.47 bits per heavy atom. The van der Waals surface area contributed by atoms with Crippen LogP contribution in [0.4, 0.5) is 5.82 Å². The van der Waals surface area contributed by atoms with Crippen LogP contribution in [0.5, 0.6) is 0 Å². The van der Waals surface area contributed by atoms with Crippen molar-refractivity contribution < 1.29 is 0 Å². The molecule has 1 unspecified atom stereocenters. The highest BCUT2D eigenvalue weighted by Crippen LogP contribution is 2.33. The van der Waals surface area contributed by atoms with E-state index in [2.05, 4.69) is 20.7 Å². The first-order chi connectivity index (χ1) is 7.45. The highest BCUT2D eigenvalue weighted by molar-refractivity contribution is 7.97. The Balaban J connectivity index is 1.99. The predicted octanol–water partition coefficient (Wildman–Crippen LogP) is 2.05. The van der Waals surface area contributed by atoms with Crippen molar-refractivity contribution in [3.8, 4) is 0 Å². The molecular weight excluding hydrogens is 206 g/mol. The van der Waals surface area contributed by atoms with Crippen molar-refractivity contribution in [3.63, 3.8) is 0 Å². The quantitative estimate of drug-likeness (QED) is 0.679. The van der Waals surface area contributed by atoms with E-state index >= 15 is 0 Å². The van der Waals surface area contributed by atoms with Crippen LogP contribution in [0.1, 0.15) is 19.3 Å². The summed E-state index contributed by atoms with van der Waals surface area (Å²) in [7, 11) is 0. The molecule has 80 valence electrons. The third kappa shape index (κ3) is 1.72. The summed E-state index contributed by atoms with van der Waals surface area (Å²) in [6, 6.07) is 4.80. The van der Waals surface area contributed by atoms with Crippen LogP contribution in [-0.2, 0) is 0 Å². The van der Waals surface area contributed by atoms with E-state index in [9.17, 15) is 0 Å². The highest BCUT2D eigenvalue weighted by atomic mass is 32.2. The molecule has 0 saturated carbocycles. The summed E-state index contributed by atoms with van der Waals surface area (Å²) >= 11 is 1.72. The normalized spacial score (nSPS) is 25.3. The van der Waals surface area contributed by atoms with Crippen LogP contribution in [0.25, 0.3) is 0 Å². The minimum atomic E-state index is 0.641. The summed E-state index contributed by atoms with van der Waals surface area (Å²) in [5, 5.41) is 0. The van der Waals surface area contributed by atoms with Gasteiger partial charge in [0.05, 0.1) is 4.90 Å². The average molecular weight is 221 g/mol. The molecule has 1 aromatic rings. The smallest absolute Gasteiger partial charge is 0.143 e. The molecule has 3 nitrogen and oxygen atoms in total. The molecule has 1 N–H and O–H groups in total. The van der Waals surface area contributed by atoms with Crippen molar-refractivity contribution in [2.24, 2.45) is 0 Å². The zero-order valence-corrected chi connectivity index (χ0v) is 9.46. The Morgan fingerprint density at radius 3 is 3.47 bits per heavy atom. The van der Waals surface area contributed by atoms with Crippen LogP contribution >= 0.6 is 11.9 Å². The molecule has 15 heavy (non-hydrogen) atoms. The lowest BCUT2D eigenvalue weighted by Crippen LogP contribution is -2.43. The standard InChI is InChI=1S/C11H15N3S/c1-2-7-14-9(4-1)8-13-15-10-5-3-6-12-11(10)14/h3,5-6,9,13H,1-2,4,7-8H2. The Hall–Kier alpha value is -0.740. The molecule has 0 aromatic carbocycles. The molecule has 0 bridgehead atoms. The van der Waals surface area contributed by atoms with E-state index in [1.165, 1.54) is 30.0 Å². The topological polar surface area (TPSA) is 28.2 Å². The zero-order chi connectivity index (χ0) is 10.1.